The molecule has 0 saturated carbocycles. The van der Waals surface area contributed by atoms with E-state index in [9.17, 15) is 4.79 Å². The molecule has 0 amide bonds. The molecule has 0 radical (unpaired) electrons. The van der Waals surface area contributed by atoms with Crippen molar-refractivity contribution in [2.24, 2.45) is 0 Å². The SMILES string of the molecule is O=C(O)c1cc(NCc2ccc3c(c2)OCO3)ncn1. The maximum Gasteiger partial charge on any atom is 0.354 e. The summed E-state index contributed by atoms with van der Waals surface area (Å²) in [4.78, 5) is 18.4. The van der Waals surface area contributed by atoms with Crippen molar-refractivity contribution in [1.82, 2.24) is 9.97 Å². The highest BCUT2D eigenvalue weighted by molar-refractivity contribution is 5.85. The summed E-state index contributed by atoms with van der Waals surface area (Å²) in [5.74, 6) is 0.802. The molecule has 1 aromatic carbocycles. The average Bonchev–Trinajstić information content (AvgIpc) is 2.93. The third-order valence-electron chi connectivity index (χ3n) is 2.80. The highest BCUT2D eigenvalue weighted by atomic mass is 16.7. The van der Waals surface area contributed by atoms with Crippen molar-refractivity contribution in [1.29, 1.82) is 0 Å². The van der Waals surface area contributed by atoms with E-state index >= 15 is 0 Å². The second-order valence-corrected chi connectivity index (χ2v) is 4.13. The normalized spacial score (nSPS) is 12.2. The quantitative estimate of drug-likeness (QED) is 0.872. The fourth-order valence-corrected chi connectivity index (χ4v) is 1.81. The topological polar surface area (TPSA) is 93.6 Å². The van der Waals surface area contributed by atoms with E-state index in [4.69, 9.17) is 14.6 Å². The van der Waals surface area contributed by atoms with Crippen molar-refractivity contribution in [3.63, 3.8) is 0 Å². The fourth-order valence-electron chi connectivity index (χ4n) is 1.81. The molecule has 0 bridgehead atoms. The number of carboxylic acids is 1. The lowest BCUT2D eigenvalue weighted by molar-refractivity contribution is 0.0690. The number of aromatic nitrogens is 2. The van der Waals surface area contributed by atoms with Gasteiger partial charge in [0, 0.05) is 12.6 Å². The van der Waals surface area contributed by atoms with Gasteiger partial charge in [-0.25, -0.2) is 14.8 Å². The van der Waals surface area contributed by atoms with Crippen molar-refractivity contribution in [2.45, 2.75) is 6.54 Å². The molecule has 1 aliphatic heterocycles. The number of ether oxygens (including phenoxy) is 2. The standard InChI is InChI=1S/C13H11N3O4/c17-13(18)9-4-12(16-6-15-9)14-5-8-1-2-10-11(3-8)20-7-19-10/h1-4,6H,5,7H2,(H,17,18)(H,14,15,16). The minimum absolute atomic E-state index is 0.0480. The first kappa shape index (κ1) is 12.2. The highest BCUT2D eigenvalue weighted by Crippen LogP contribution is 2.32. The summed E-state index contributed by atoms with van der Waals surface area (Å²) in [5.41, 5.74) is 0.929. The molecule has 7 heteroatoms. The molecule has 0 saturated heterocycles. The molecular weight excluding hydrogens is 262 g/mol. The Bertz CT molecular complexity index is 660. The third kappa shape index (κ3) is 2.46. The monoisotopic (exact) mass is 273 g/mol. The molecule has 2 heterocycles. The number of carbonyl (C=O) groups is 1. The van der Waals surface area contributed by atoms with Gasteiger partial charge in [-0.2, -0.15) is 0 Å². The Morgan fingerprint density at radius 3 is 2.95 bits per heavy atom. The van der Waals surface area contributed by atoms with E-state index < -0.39 is 5.97 Å². The third-order valence-corrected chi connectivity index (χ3v) is 2.80. The number of fused-ring (bicyclic) bond motifs is 1. The molecule has 0 fully saturated rings. The molecule has 0 unspecified atom stereocenters. The van der Waals surface area contributed by atoms with Gasteiger partial charge in [0.15, 0.2) is 17.2 Å². The van der Waals surface area contributed by atoms with Crippen LogP contribution in [-0.2, 0) is 6.54 Å². The van der Waals surface area contributed by atoms with Crippen LogP contribution in [0.25, 0.3) is 0 Å². The van der Waals surface area contributed by atoms with Gasteiger partial charge in [0.25, 0.3) is 0 Å². The minimum Gasteiger partial charge on any atom is -0.477 e. The molecule has 3 rings (SSSR count). The van der Waals surface area contributed by atoms with Gasteiger partial charge in [-0.1, -0.05) is 6.07 Å². The number of rotatable bonds is 4. The van der Waals surface area contributed by atoms with Crippen molar-refractivity contribution >= 4 is 11.8 Å². The summed E-state index contributed by atoms with van der Waals surface area (Å²) < 4.78 is 10.5. The molecular formula is C13H11N3O4. The molecule has 0 aliphatic carbocycles. The summed E-state index contributed by atoms with van der Waals surface area (Å²) in [6.45, 7) is 0.729. The largest absolute Gasteiger partial charge is 0.477 e. The van der Waals surface area contributed by atoms with E-state index in [1.165, 1.54) is 12.4 Å². The van der Waals surface area contributed by atoms with Crippen molar-refractivity contribution in [3.05, 3.63) is 41.9 Å². The molecule has 2 aromatic rings. The molecule has 7 nitrogen and oxygen atoms in total. The Hall–Kier alpha value is -2.83. The number of nitrogens with one attached hydrogen (secondary N) is 1. The number of aromatic carboxylic acids is 1. The first-order valence-electron chi connectivity index (χ1n) is 5.90. The number of benzene rings is 1. The number of nitrogens with zero attached hydrogens (tertiary/aromatic N) is 2. The number of anilines is 1. The number of hydrogen-bond donors (Lipinski definition) is 2. The van der Waals surface area contributed by atoms with Crippen molar-refractivity contribution < 1.29 is 19.4 Å². The fraction of sp³-hybridized carbons (Fsp3) is 0.154. The maximum absolute atomic E-state index is 10.8. The zero-order valence-electron chi connectivity index (χ0n) is 10.4. The van der Waals surface area contributed by atoms with Crippen LogP contribution in [0.4, 0.5) is 5.82 Å². The smallest absolute Gasteiger partial charge is 0.354 e. The Morgan fingerprint density at radius 2 is 2.10 bits per heavy atom. The Morgan fingerprint density at radius 1 is 1.25 bits per heavy atom. The van der Waals surface area contributed by atoms with Crippen LogP contribution < -0.4 is 14.8 Å². The van der Waals surface area contributed by atoms with Crippen molar-refractivity contribution in [2.75, 3.05) is 12.1 Å². The molecule has 0 atom stereocenters. The summed E-state index contributed by atoms with van der Waals surface area (Å²) in [5, 5.41) is 11.9. The van der Waals surface area contributed by atoms with E-state index in [1.54, 1.807) is 0 Å². The molecule has 2 N–H and O–H groups in total. The van der Waals surface area contributed by atoms with Crippen LogP contribution in [0.5, 0.6) is 11.5 Å². The lowest BCUT2D eigenvalue weighted by Crippen LogP contribution is -2.05. The van der Waals surface area contributed by atoms with Crippen LogP contribution in [0, 0.1) is 0 Å². The summed E-state index contributed by atoms with van der Waals surface area (Å²) in [6.07, 6.45) is 1.21. The first-order chi connectivity index (χ1) is 9.72. The summed E-state index contributed by atoms with van der Waals surface area (Å²) in [7, 11) is 0. The second kappa shape index (κ2) is 5.04. The van der Waals surface area contributed by atoms with Gasteiger partial charge in [-0.15, -0.1) is 0 Å². The van der Waals surface area contributed by atoms with Crippen LogP contribution in [0.1, 0.15) is 16.1 Å². The molecule has 1 aromatic heterocycles. The molecule has 1 aliphatic rings. The lowest BCUT2D eigenvalue weighted by Gasteiger charge is -2.06. The molecule has 0 spiro atoms. The van der Waals surface area contributed by atoms with Crippen molar-refractivity contribution in [3.8, 4) is 11.5 Å². The van der Waals surface area contributed by atoms with Crippen LogP contribution in [0.15, 0.2) is 30.6 Å². The zero-order chi connectivity index (χ0) is 13.9. The minimum atomic E-state index is -1.08. The van der Waals surface area contributed by atoms with E-state index in [2.05, 4.69) is 15.3 Å². The predicted molar refractivity (Wildman–Crippen MR) is 68.9 cm³/mol. The molecule has 20 heavy (non-hydrogen) atoms. The Labute approximate surface area is 114 Å². The van der Waals surface area contributed by atoms with Gasteiger partial charge < -0.3 is 19.9 Å². The van der Waals surface area contributed by atoms with Crippen LogP contribution in [0.3, 0.4) is 0 Å². The van der Waals surface area contributed by atoms with Gasteiger partial charge in [-0.05, 0) is 17.7 Å². The van der Waals surface area contributed by atoms with Crippen LogP contribution in [0.2, 0.25) is 0 Å². The first-order valence-corrected chi connectivity index (χ1v) is 5.90. The summed E-state index contributed by atoms with van der Waals surface area (Å²) in [6, 6.07) is 6.99. The van der Waals surface area contributed by atoms with E-state index in [0.717, 1.165) is 11.3 Å². The number of carboxylic acid groups (broad SMARTS) is 1. The molecule has 102 valence electrons. The van der Waals surface area contributed by atoms with E-state index in [0.29, 0.717) is 18.1 Å². The zero-order valence-corrected chi connectivity index (χ0v) is 10.4. The number of hydrogen-bond acceptors (Lipinski definition) is 6. The van der Waals surface area contributed by atoms with E-state index in [1.807, 2.05) is 18.2 Å². The van der Waals surface area contributed by atoms with Gasteiger partial charge in [0.2, 0.25) is 6.79 Å². The second-order valence-electron chi connectivity index (χ2n) is 4.13. The van der Waals surface area contributed by atoms with Gasteiger partial charge >= 0.3 is 5.97 Å². The summed E-state index contributed by atoms with van der Waals surface area (Å²) >= 11 is 0. The Balaban J connectivity index is 1.70. The Kier molecular flexibility index (Phi) is 3.08. The van der Waals surface area contributed by atoms with Crippen LogP contribution in [-0.4, -0.2) is 27.8 Å². The van der Waals surface area contributed by atoms with Gasteiger partial charge in [0.1, 0.15) is 12.1 Å². The maximum atomic E-state index is 10.8. The highest BCUT2D eigenvalue weighted by Gasteiger charge is 2.13. The average molecular weight is 273 g/mol. The van der Waals surface area contributed by atoms with Gasteiger partial charge in [-0.3, -0.25) is 0 Å². The van der Waals surface area contributed by atoms with Crippen LogP contribution >= 0.6 is 0 Å². The van der Waals surface area contributed by atoms with Gasteiger partial charge in [0.05, 0.1) is 0 Å². The van der Waals surface area contributed by atoms with E-state index in [-0.39, 0.29) is 12.5 Å². The predicted octanol–water partition coefficient (Wildman–Crippen LogP) is 1.52. The lowest BCUT2D eigenvalue weighted by atomic mass is 10.2.